The molecule has 3 N–H and O–H groups in total. The van der Waals surface area contributed by atoms with Crippen molar-refractivity contribution < 1.29 is 28.6 Å². The van der Waals surface area contributed by atoms with Crippen LogP contribution in [-0.4, -0.2) is 40.7 Å². The van der Waals surface area contributed by atoms with Gasteiger partial charge in [0.2, 0.25) is 5.95 Å². The van der Waals surface area contributed by atoms with E-state index in [9.17, 15) is 14.0 Å². The molecule has 3 aromatic rings. The molecule has 3 unspecified atom stereocenters. The Morgan fingerprint density at radius 1 is 1.10 bits per heavy atom. The number of hydrogen-bond acceptors (Lipinski definition) is 6. The molecule has 5 rings (SSSR count). The first-order chi connectivity index (χ1) is 19.9. The van der Waals surface area contributed by atoms with Crippen molar-refractivity contribution in [3.63, 3.8) is 0 Å². The number of ether oxygens (including phenoxy) is 2. The number of carbonyl (C=O) groups is 2. The molecule has 0 saturated heterocycles. The Labute approximate surface area is 239 Å². The highest BCUT2D eigenvalue weighted by Crippen LogP contribution is 2.44. The van der Waals surface area contributed by atoms with Crippen LogP contribution < -0.4 is 20.1 Å². The number of rotatable bonds is 11. The third-order valence-corrected chi connectivity index (χ3v) is 8.04. The molecule has 1 aliphatic heterocycles. The van der Waals surface area contributed by atoms with Crippen molar-refractivity contribution in [3.05, 3.63) is 83.4 Å². The van der Waals surface area contributed by atoms with Crippen molar-refractivity contribution in [2.24, 2.45) is 5.92 Å². The molecule has 8 nitrogen and oxygen atoms in total. The summed E-state index contributed by atoms with van der Waals surface area (Å²) in [5, 5.41) is 15.2. The Kier molecular flexibility index (Phi) is 9.01. The second-order valence-electron chi connectivity index (χ2n) is 10.9. The summed E-state index contributed by atoms with van der Waals surface area (Å²) in [7, 11) is 0. The molecule has 1 aromatic heterocycles. The molecular formula is C32H36FN3O5. The lowest BCUT2D eigenvalue weighted by Crippen LogP contribution is -2.44. The van der Waals surface area contributed by atoms with Crippen molar-refractivity contribution in [3.8, 4) is 11.5 Å². The van der Waals surface area contributed by atoms with E-state index in [-0.39, 0.29) is 43.5 Å². The molecule has 0 radical (unpaired) electrons. The maximum Gasteiger partial charge on any atom is 0.305 e. The molecule has 2 aliphatic rings. The summed E-state index contributed by atoms with van der Waals surface area (Å²) in [5.41, 5.74) is 3.19. The minimum atomic E-state index is -0.950. The highest BCUT2D eigenvalue weighted by atomic mass is 19.1. The van der Waals surface area contributed by atoms with Crippen molar-refractivity contribution in [2.75, 3.05) is 11.9 Å². The van der Waals surface area contributed by atoms with Crippen LogP contribution in [0, 0.1) is 11.9 Å². The van der Waals surface area contributed by atoms with Crippen LogP contribution in [0.15, 0.2) is 60.8 Å². The number of carbonyl (C=O) groups excluding carboxylic acids is 1. The van der Waals surface area contributed by atoms with Crippen LogP contribution >= 0.6 is 0 Å². The number of hydrogen-bond donors (Lipinski definition) is 3. The number of benzene rings is 2. The number of carboxylic acid groups (broad SMARTS) is 1. The van der Waals surface area contributed by atoms with Crippen LogP contribution in [0.1, 0.15) is 72.9 Å². The molecule has 2 aromatic carbocycles. The molecule has 216 valence electrons. The van der Waals surface area contributed by atoms with Gasteiger partial charge in [0.05, 0.1) is 12.5 Å². The van der Waals surface area contributed by atoms with E-state index >= 15 is 0 Å². The minimum Gasteiger partial charge on any atom is -0.489 e. The zero-order valence-electron chi connectivity index (χ0n) is 23.1. The lowest BCUT2D eigenvalue weighted by atomic mass is 9.78. The van der Waals surface area contributed by atoms with Gasteiger partial charge in [0.1, 0.15) is 24.2 Å². The molecule has 3 atom stereocenters. The monoisotopic (exact) mass is 561 g/mol. The van der Waals surface area contributed by atoms with Crippen LogP contribution in [0.3, 0.4) is 0 Å². The molecule has 41 heavy (non-hydrogen) atoms. The highest BCUT2D eigenvalue weighted by Gasteiger charge is 2.41. The lowest BCUT2D eigenvalue weighted by Gasteiger charge is -2.36. The van der Waals surface area contributed by atoms with Crippen LogP contribution in [0.25, 0.3) is 0 Å². The first-order valence-corrected chi connectivity index (χ1v) is 14.3. The predicted octanol–water partition coefficient (Wildman–Crippen LogP) is 5.93. The van der Waals surface area contributed by atoms with Crippen LogP contribution in [0.4, 0.5) is 10.1 Å². The number of nitrogens with zero attached hydrogens (tertiary/aromatic N) is 1. The average Bonchev–Trinajstić information content (AvgIpc) is 3.30. The fourth-order valence-electron chi connectivity index (χ4n) is 5.85. The normalized spacial score (nSPS) is 19.1. The maximum absolute atomic E-state index is 13.5. The topological polar surface area (TPSA) is 110 Å². The molecule has 0 bridgehead atoms. The number of amides is 1. The van der Waals surface area contributed by atoms with E-state index in [1.165, 1.54) is 31.5 Å². The number of pyridine rings is 1. The number of anilines is 1. The smallest absolute Gasteiger partial charge is 0.305 e. The van der Waals surface area contributed by atoms with Gasteiger partial charge in [-0.25, -0.2) is 4.98 Å². The molecule has 2 heterocycles. The zero-order valence-corrected chi connectivity index (χ0v) is 23.1. The van der Waals surface area contributed by atoms with Crippen molar-refractivity contribution in [1.29, 1.82) is 0 Å². The van der Waals surface area contributed by atoms with Crippen LogP contribution in [0.5, 0.6) is 11.5 Å². The van der Waals surface area contributed by atoms with Gasteiger partial charge in [-0.05, 0) is 78.9 Å². The Morgan fingerprint density at radius 2 is 1.88 bits per heavy atom. The van der Waals surface area contributed by atoms with Gasteiger partial charge in [0.25, 0.3) is 5.91 Å². The standard InChI is InChI=1S/C32H36FN3O5/c1-20-26-18-25(40-19-21-13-15-34-28(33)17-21)11-12-27(26)41-31(20)30(22-5-3-2-4-6-22)36-24-9-7-23(8-10-24)32(39)35-16-14-29(37)38/h7-13,15,17-18,20,22,30-31,36H,2-6,14,16,19H2,1H3,(H,35,39)(H,37,38). The van der Waals surface area contributed by atoms with Gasteiger partial charge in [0, 0.05) is 35.5 Å². The number of fused-ring (bicyclic) bond motifs is 1. The number of halogens is 1. The van der Waals surface area contributed by atoms with Crippen LogP contribution in [-0.2, 0) is 11.4 Å². The fraction of sp³-hybridized carbons (Fsp3) is 0.406. The van der Waals surface area contributed by atoms with E-state index in [1.807, 2.05) is 30.3 Å². The summed E-state index contributed by atoms with van der Waals surface area (Å²) in [6, 6.07) is 16.3. The van der Waals surface area contributed by atoms with E-state index in [2.05, 4.69) is 22.5 Å². The summed E-state index contributed by atoms with van der Waals surface area (Å²) in [6.45, 7) is 2.52. The number of carboxylic acids is 1. The van der Waals surface area contributed by atoms with Crippen molar-refractivity contribution in [2.45, 2.75) is 70.1 Å². The van der Waals surface area contributed by atoms with Gasteiger partial charge >= 0.3 is 5.97 Å². The molecule has 1 fully saturated rings. The zero-order chi connectivity index (χ0) is 28.8. The minimum absolute atomic E-state index is 0.0668. The number of nitrogens with one attached hydrogen (secondary N) is 2. The first-order valence-electron chi connectivity index (χ1n) is 14.3. The highest BCUT2D eigenvalue weighted by molar-refractivity contribution is 5.94. The average molecular weight is 562 g/mol. The predicted molar refractivity (Wildman–Crippen MR) is 153 cm³/mol. The lowest BCUT2D eigenvalue weighted by molar-refractivity contribution is -0.136. The maximum atomic E-state index is 13.5. The summed E-state index contributed by atoms with van der Waals surface area (Å²) in [5.74, 6) is 0.343. The van der Waals surface area contributed by atoms with Crippen LogP contribution in [0.2, 0.25) is 0 Å². The molecule has 1 aliphatic carbocycles. The van der Waals surface area contributed by atoms with E-state index in [0.717, 1.165) is 29.8 Å². The van der Waals surface area contributed by atoms with Gasteiger partial charge in [-0.15, -0.1) is 0 Å². The number of aromatic nitrogens is 1. The van der Waals surface area contributed by atoms with E-state index < -0.39 is 11.9 Å². The summed E-state index contributed by atoms with van der Waals surface area (Å²) in [4.78, 5) is 26.7. The summed E-state index contributed by atoms with van der Waals surface area (Å²) < 4.78 is 26.0. The van der Waals surface area contributed by atoms with E-state index in [4.69, 9.17) is 14.6 Å². The molecule has 9 heteroatoms. The van der Waals surface area contributed by atoms with Gasteiger partial charge in [-0.3, -0.25) is 9.59 Å². The largest absolute Gasteiger partial charge is 0.489 e. The van der Waals surface area contributed by atoms with Crippen molar-refractivity contribution >= 4 is 17.6 Å². The fourth-order valence-corrected chi connectivity index (χ4v) is 5.85. The molecule has 1 amide bonds. The van der Waals surface area contributed by atoms with E-state index in [0.29, 0.717) is 22.8 Å². The van der Waals surface area contributed by atoms with Gasteiger partial charge in [-0.1, -0.05) is 26.2 Å². The molecule has 0 spiro atoms. The Bertz CT molecular complexity index is 1360. The number of aliphatic carboxylic acids is 1. The third kappa shape index (κ3) is 7.14. The summed E-state index contributed by atoms with van der Waals surface area (Å²) >= 11 is 0. The van der Waals surface area contributed by atoms with Gasteiger partial charge in [-0.2, -0.15) is 4.39 Å². The van der Waals surface area contributed by atoms with E-state index in [1.54, 1.807) is 18.2 Å². The molecular weight excluding hydrogens is 525 g/mol. The van der Waals surface area contributed by atoms with Gasteiger partial charge < -0.3 is 25.2 Å². The third-order valence-electron chi connectivity index (χ3n) is 8.04. The second kappa shape index (κ2) is 13.0. The SMILES string of the molecule is CC1c2cc(OCc3ccnc(F)c3)ccc2OC1C(Nc1ccc(C(=O)NCCC(=O)O)cc1)C1CCCCC1. The second-order valence-corrected chi connectivity index (χ2v) is 10.9. The molecule has 1 saturated carbocycles. The quantitative estimate of drug-likeness (QED) is 0.249. The Morgan fingerprint density at radius 3 is 2.61 bits per heavy atom. The summed E-state index contributed by atoms with van der Waals surface area (Å²) in [6.07, 6.45) is 7.12. The Balaban J connectivity index is 1.28. The Hall–Kier alpha value is -4.14. The first kappa shape index (κ1) is 28.4. The van der Waals surface area contributed by atoms with Crippen molar-refractivity contribution in [1.82, 2.24) is 10.3 Å². The van der Waals surface area contributed by atoms with Gasteiger partial charge in [0.15, 0.2) is 0 Å².